The number of aliphatic hydroxyl groups excluding tert-OH is 2. The van der Waals surface area contributed by atoms with Gasteiger partial charge in [0.1, 0.15) is 5.82 Å². The van der Waals surface area contributed by atoms with E-state index in [-0.39, 0.29) is 25.1 Å². The Morgan fingerprint density at radius 3 is 2.41 bits per heavy atom. The maximum atomic E-state index is 10.9. The molecule has 4 N–H and O–H groups in total. The SMILES string of the molecule is CCCCC(CO)[C@@H](O)CNc1nc(N[C@H](CC)c2ccc(C)cc2)nc(C)c1Cc1nc(C(C)=NCC)c(C)s1. The molecule has 0 aliphatic rings. The number of anilines is 2. The summed E-state index contributed by atoms with van der Waals surface area (Å²) in [5.41, 5.74) is 6.11. The van der Waals surface area contributed by atoms with Crippen LogP contribution in [0.3, 0.4) is 0 Å². The molecule has 0 saturated heterocycles. The summed E-state index contributed by atoms with van der Waals surface area (Å²) in [6.07, 6.45) is 3.54. The van der Waals surface area contributed by atoms with Crippen LogP contribution < -0.4 is 10.6 Å². The molecule has 224 valence electrons. The summed E-state index contributed by atoms with van der Waals surface area (Å²) < 4.78 is 0. The number of aromatic nitrogens is 3. The Balaban J connectivity index is 1.93. The van der Waals surface area contributed by atoms with Crippen molar-refractivity contribution in [1.82, 2.24) is 15.0 Å². The molecule has 3 atom stereocenters. The molecule has 0 radical (unpaired) electrons. The Kier molecular flexibility index (Phi) is 12.7. The van der Waals surface area contributed by atoms with Crippen molar-refractivity contribution in [3.63, 3.8) is 0 Å². The molecular weight excluding hydrogens is 532 g/mol. The first kappa shape index (κ1) is 32.6. The standard InChI is InChI=1S/C32H48N6O2S/c1-8-11-12-25(19-39)28(40)18-34-31-26(17-29-37-30(23(7)41-29)22(6)33-10-3)21(5)35-32(38-31)36-27(9-2)24-15-13-20(4)14-16-24/h13-16,25,27-28,39-40H,8-12,17-19H2,1-7H3,(H2,34,35,36,38)/t25?,27-,28+/m1/s1. The maximum absolute atomic E-state index is 10.9. The highest BCUT2D eigenvalue weighted by molar-refractivity contribution is 7.11. The van der Waals surface area contributed by atoms with E-state index in [2.05, 4.69) is 67.6 Å². The predicted octanol–water partition coefficient (Wildman–Crippen LogP) is 6.41. The monoisotopic (exact) mass is 580 g/mol. The van der Waals surface area contributed by atoms with Crippen molar-refractivity contribution >= 4 is 28.8 Å². The Bertz CT molecular complexity index is 1270. The number of hydrogen-bond donors (Lipinski definition) is 4. The lowest BCUT2D eigenvalue weighted by molar-refractivity contribution is 0.0701. The number of aliphatic hydroxyl groups is 2. The number of rotatable bonds is 16. The molecule has 8 nitrogen and oxygen atoms in total. The second-order valence-electron chi connectivity index (χ2n) is 10.8. The first-order chi connectivity index (χ1) is 19.7. The van der Waals surface area contributed by atoms with Gasteiger partial charge in [-0.1, -0.05) is 56.5 Å². The van der Waals surface area contributed by atoms with Crippen molar-refractivity contribution in [1.29, 1.82) is 0 Å². The summed E-state index contributed by atoms with van der Waals surface area (Å²) in [4.78, 5) is 20.4. The van der Waals surface area contributed by atoms with Gasteiger partial charge in [0.25, 0.3) is 0 Å². The highest BCUT2D eigenvalue weighted by Crippen LogP contribution is 2.28. The van der Waals surface area contributed by atoms with Gasteiger partial charge >= 0.3 is 0 Å². The fourth-order valence-electron chi connectivity index (χ4n) is 4.96. The van der Waals surface area contributed by atoms with E-state index < -0.39 is 6.10 Å². The molecular formula is C32H48N6O2S. The third kappa shape index (κ3) is 9.05. The average Bonchev–Trinajstić information content (AvgIpc) is 3.33. The van der Waals surface area contributed by atoms with Crippen molar-refractivity contribution in [2.45, 2.75) is 92.7 Å². The highest BCUT2D eigenvalue weighted by Gasteiger charge is 2.22. The first-order valence-electron chi connectivity index (χ1n) is 14.9. The van der Waals surface area contributed by atoms with Crippen molar-refractivity contribution in [3.8, 4) is 0 Å². The van der Waals surface area contributed by atoms with Gasteiger partial charge in [-0.15, -0.1) is 11.3 Å². The third-order valence-electron chi connectivity index (χ3n) is 7.50. The van der Waals surface area contributed by atoms with Crippen LogP contribution in [0.4, 0.5) is 11.8 Å². The maximum Gasteiger partial charge on any atom is 0.225 e. The molecule has 0 saturated carbocycles. The van der Waals surface area contributed by atoms with Gasteiger partial charge in [-0.3, -0.25) is 4.99 Å². The largest absolute Gasteiger partial charge is 0.396 e. The molecule has 1 aromatic carbocycles. The lowest BCUT2D eigenvalue weighted by Crippen LogP contribution is -2.31. The van der Waals surface area contributed by atoms with Gasteiger partial charge < -0.3 is 20.8 Å². The number of unbranched alkanes of at least 4 members (excludes halogenated alkanes) is 1. The molecule has 3 rings (SSSR count). The minimum Gasteiger partial charge on any atom is -0.396 e. The van der Waals surface area contributed by atoms with Crippen LogP contribution in [0.5, 0.6) is 0 Å². The summed E-state index contributed by atoms with van der Waals surface area (Å²) in [6.45, 7) is 15.4. The molecule has 1 unspecified atom stereocenters. The van der Waals surface area contributed by atoms with Gasteiger partial charge in [0.2, 0.25) is 5.95 Å². The van der Waals surface area contributed by atoms with E-state index in [1.165, 1.54) is 11.1 Å². The van der Waals surface area contributed by atoms with E-state index in [4.69, 9.17) is 15.0 Å². The van der Waals surface area contributed by atoms with E-state index in [0.29, 0.717) is 18.2 Å². The van der Waals surface area contributed by atoms with E-state index in [1.54, 1.807) is 11.3 Å². The third-order valence-corrected chi connectivity index (χ3v) is 8.47. The zero-order valence-corrected chi connectivity index (χ0v) is 26.6. The molecule has 0 amide bonds. The van der Waals surface area contributed by atoms with E-state index in [9.17, 15) is 10.2 Å². The Hall–Kier alpha value is -2.88. The molecule has 0 bridgehead atoms. The summed E-state index contributed by atoms with van der Waals surface area (Å²) in [7, 11) is 0. The number of thiazole rings is 1. The fraction of sp³-hybridized carbons (Fsp3) is 0.562. The summed E-state index contributed by atoms with van der Waals surface area (Å²) >= 11 is 1.67. The smallest absolute Gasteiger partial charge is 0.225 e. The molecule has 0 aliphatic heterocycles. The molecule has 2 aromatic heterocycles. The van der Waals surface area contributed by atoms with Crippen LogP contribution in [0, 0.1) is 26.7 Å². The zero-order valence-electron chi connectivity index (χ0n) is 25.8. The minimum atomic E-state index is -0.691. The Morgan fingerprint density at radius 1 is 1.05 bits per heavy atom. The second-order valence-corrected chi connectivity index (χ2v) is 12.0. The first-order valence-corrected chi connectivity index (χ1v) is 15.7. The van der Waals surface area contributed by atoms with Crippen LogP contribution in [0.2, 0.25) is 0 Å². The topological polar surface area (TPSA) is 116 Å². The van der Waals surface area contributed by atoms with Gasteiger partial charge in [0.05, 0.1) is 28.6 Å². The van der Waals surface area contributed by atoms with Crippen LogP contribution >= 0.6 is 11.3 Å². The van der Waals surface area contributed by atoms with Crippen molar-refractivity contribution < 1.29 is 10.2 Å². The Morgan fingerprint density at radius 2 is 1.78 bits per heavy atom. The van der Waals surface area contributed by atoms with E-state index in [1.807, 2.05) is 20.8 Å². The summed E-state index contributed by atoms with van der Waals surface area (Å²) in [5.74, 6) is 1.04. The second kappa shape index (κ2) is 15.9. The molecule has 2 heterocycles. The van der Waals surface area contributed by atoms with Crippen LogP contribution in [0.25, 0.3) is 0 Å². The van der Waals surface area contributed by atoms with Gasteiger partial charge in [0.15, 0.2) is 0 Å². The molecule has 0 aliphatic carbocycles. The Labute approximate surface area is 249 Å². The lowest BCUT2D eigenvalue weighted by Gasteiger charge is -2.23. The van der Waals surface area contributed by atoms with Gasteiger partial charge in [-0.2, -0.15) is 4.98 Å². The fourth-order valence-corrected chi connectivity index (χ4v) is 5.96. The number of aliphatic imine (C=N–C) groups is 1. The predicted molar refractivity (Wildman–Crippen MR) is 172 cm³/mol. The number of hydrogen-bond acceptors (Lipinski definition) is 9. The highest BCUT2D eigenvalue weighted by atomic mass is 32.1. The minimum absolute atomic E-state index is 0.0418. The van der Waals surface area contributed by atoms with Crippen LogP contribution in [0.1, 0.15) is 97.4 Å². The summed E-state index contributed by atoms with van der Waals surface area (Å²) in [5, 5.41) is 28.7. The van der Waals surface area contributed by atoms with Gasteiger partial charge in [-0.05, 0) is 53.0 Å². The average molecular weight is 581 g/mol. The number of nitrogens with zero attached hydrogens (tertiary/aromatic N) is 4. The van der Waals surface area contributed by atoms with Crippen molar-refractivity contribution in [2.24, 2.45) is 10.9 Å². The normalized spacial score (nSPS) is 14.1. The number of nitrogens with one attached hydrogen (secondary N) is 2. The quantitative estimate of drug-likeness (QED) is 0.145. The summed E-state index contributed by atoms with van der Waals surface area (Å²) in [6, 6.07) is 8.60. The zero-order chi connectivity index (χ0) is 29.9. The molecule has 0 spiro atoms. The van der Waals surface area contributed by atoms with Crippen LogP contribution in [0.15, 0.2) is 29.3 Å². The van der Waals surface area contributed by atoms with Crippen LogP contribution in [-0.4, -0.2) is 56.7 Å². The van der Waals surface area contributed by atoms with E-state index in [0.717, 1.165) is 64.8 Å². The van der Waals surface area contributed by atoms with Crippen molar-refractivity contribution in [3.05, 3.63) is 62.2 Å². The van der Waals surface area contributed by atoms with Crippen molar-refractivity contribution in [2.75, 3.05) is 30.3 Å². The lowest BCUT2D eigenvalue weighted by atomic mass is 9.96. The molecule has 9 heteroatoms. The number of aryl methyl sites for hydroxylation is 3. The van der Waals surface area contributed by atoms with Gasteiger partial charge in [-0.25, -0.2) is 9.97 Å². The molecule has 3 aromatic rings. The number of benzene rings is 1. The molecule has 41 heavy (non-hydrogen) atoms. The van der Waals surface area contributed by atoms with Crippen LogP contribution in [-0.2, 0) is 6.42 Å². The van der Waals surface area contributed by atoms with E-state index >= 15 is 0 Å². The molecule has 0 fully saturated rings. The van der Waals surface area contributed by atoms with Gasteiger partial charge in [0, 0.05) is 48.2 Å².